The summed E-state index contributed by atoms with van der Waals surface area (Å²) in [6.07, 6.45) is 1.18. The van der Waals surface area contributed by atoms with E-state index in [1.54, 1.807) is 7.11 Å². The van der Waals surface area contributed by atoms with Gasteiger partial charge in [0.2, 0.25) is 0 Å². The van der Waals surface area contributed by atoms with Crippen LogP contribution in [0.1, 0.15) is 24.9 Å². The molecule has 0 aromatic heterocycles. The minimum Gasteiger partial charge on any atom is -0.497 e. The second-order valence-electron chi connectivity index (χ2n) is 5.57. The monoisotopic (exact) mass is 277 g/mol. The standard InChI is InChI=1S/C16H27N3O/c1-4-14-12-19(9-8-18(14)2)16(11-17)13-6-5-7-15(10-13)20-3/h5-7,10,14,16H,4,8-9,11-12,17H2,1-3H3. The van der Waals surface area contributed by atoms with Crippen LogP contribution in [-0.4, -0.2) is 56.2 Å². The molecule has 0 saturated carbocycles. The van der Waals surface area contributed by atoms with Crippen LogP contribution in [0.3, 0.4) is 0 Å². The molecular formula is C16H27N3O. The van der Waals surface area contributed by atoms with Crippen LogP contribution in [-0.2, 0) is 0 Å². The van der Waals surface area contributed by atoms with E-state index in [4.69, 9.17) is 10.5 Å². The Bertz CT molecular complexity index is 424. The van der Waals surface area contributed by atoms with E-state index >= 15 is 0 Å². The predicted molar refractivity (Wildman–Crippen MR) is 83.1 cm³/mol. The van der Waals surface area contributed by atoms with E-state index in [0.29, 0.717) is 12.6 Å². The fraction of sp³-hybridized carbons (Fsp3) is 0.625. The summed E-state index contributed by atoms with van der Waals surface area (Å²) in [5.74, 6) is 0.905. The Kier molecular flexibility index (Phi) is 5.40. The second kappa shape index (κ2) is 7.07. The summed E-state index contributed by atoms with van der Waals surface area (Å²) < 4.78 is 5.33. The molecule has 1 saturated heterocycles. The number of nitrogens with two attached hydrogens (primary N) is 1. The van der Waals surface area contributed by atoms with E-state index in [0.717, 1.165) is 25.4 Å². The molecule has 2 rings (SSSR count). The Hall–Kier alpha value is -1.10. The van der Waals surface area contributed by atoms with Gasteiger partial charge in [0.05, 0.1) is 7.11 Å². The highest BCUT2D eigenvalue weighted by atomic mass is 16.5. The molecule has 112 valence electrons. The van der Waals surface area contributed by atoms with E-state index in [1.165, 1.54) is 12.0 Å². The Balaban J connectivity index is 2.15. The van der Waals surface area contributed by atoms with Crippen LogP contribution >= 0.6 is 0 Å². The van der Waals surface area contributed by atoms with E-state index < -0.39 is 0 Å². The quantitative estimate of drug-likeness (QED) is 0.890. The topological polar surface area (TPSA) is 41.7 Å². The first kappa shape index (κ1) is 15.3. The molecule has 1 aliphatic heterocycles. The van der Waals surface area contributed by atoms with Gasteiger partial charge in [-0.1, -0.05) is 19.1 Å². The third-order valence-electron chi connectivity index (χ3n) is 4.42. The number of rotatable bonds is 5. The van der Waals surface area contributed by atoms with Crippen LogP contribution in [0.15, 0.2) is 24.3 Å². The maximum Gasteiger partial charge on any atom is 0.119 e. The number of ether oxygens (including phenoxy) is 1. The average molecular weight is 277 g/mol. The maximum atomic E-state index is 6.05. The van der Waals surface area contributed by atoms with Gasteiger partial charge in [-0.05, 0) is 31.2 Å². The first-order chi connectivity index (χ1) is 9.69. The molecule has 20 heavy (non-hydrogen) atoms. The fourth-order valence-electron chi connectivity index (χ4n) is 3.04. The fourth-order valence-corrected chi connectivity index (χ4v) is 3.04. The van der Waals surface area contributed by atoms with Gasteiger partial charge in [-0.15, -0.1) is 0 Å². The first-order valence-corrected chi connectivity index (χ1v) is 7.47. The van der Waals surface area contributed by atoms with Gasteiger partial charge < -0.3 is 15.4 Å². The molecule has 1 aromatic carbocycles. The SMILES string of the molecule is CCC1CN(C(CN)c2cccc(OC)c2)CCN1C. The lowest BCUT2D eigenvalue weighted by atomic mass is 10.0. The minimum atomic E-state index is 0.285. The van der Waals surface area contributed by atoms with Crippen LogP contribution < -0.4 is 10.5 Å². The van der Waals surface area contributed by atoms with Crippen molar-refractivity contribution < 1.29 is 4.74 Å². The number of hydrogen-bond donors (Lipinski definition) is 1. The van der Waals surface area contributed by atoms with E-state index in [2.05, 4.69) is 35.9 Å². The summed E-state index contributed by atoms with van der Waals surface area (Å²) in [5, 5.41) is 0. The van der Waals surface area contributed by atoms with Crippen LogP contribution in [0.5, 0.6) is 5.75 Å². The van der Waals surface area contributed by atoms with E-state index in [-0.39, 0.29) is 6.04 Å². The predicted octanol–water partition coefficient (Wildman–Crippen LogP) is 1.72. The molecule has 0 spiro atoms. The van der Waals surface area contributed by atoms with Crippen molar-refractivity contribution in [1.29, 1.82) is 0 Å². The molecule has 1 fully saturated rings. The molecule has 1 heterocycles. The minimum absolute atomic E-state index is 0.285. The Morgan fingerprint density at radius 2 is 2.20 bits per heavy atom. The van der Waals surface area contributed by atoms with Crippen molar-refractivity contribution in [1.82, 2.24) is 9.80 Å². The van der Waals surface area contributed by atoms with Crippen molar-refractivity contribution in [2.75, 3.05) is 40.3 Å². The van der Waals surface area contributed by atoms with Crippen LogP contribution in [0.2, 0.25) is 0 Å². The zero-order chi connectivity index (χ0) is 14.5. The van der Waals surface area contributed by atoms with E-state index in [1.807, 2.05) is 12.1 Å². The zero-order valence-electron chi connectivity index (χ0n) is 12.9. The second-order valence-corrected chi connectivity index (χ2v) is 5.57. The molecule has 2 atom stereocenters. The highest BCUT2D eigenvalue weighted by molar-refractivity contribution is 5.31. The van der Waals surface area contributed by atoms with Gasteiger partial charge in [0.1, 0.15) is 5.75 Å². The number of likely N-dealkylation sites (N-methyl/N-ethyl adjacent to an activating group) is 1. The summed E-state index contributed by atoms with van der Waals surface area (Å²) >= 11 is 0. The zero-order valence-corrected chi connectivity index (χ0v) is 12.9. The number of methoxy groups -OCH3 is 1. The smallest absolute Gasteiger partial charge is 0.119 e. The Morgan fingerprint density at radius 3 is 2.85 bits per heavy atom. The molecule has 1 aromatic rings. The van der Waals surface area contributed by atoms with Crippen molar-refractivity contribution in [2.24, 2.45) is 5.73 Å². The highest BCUT2D eigenvalue weighted by Gasteiger charge is 2.28. The first-order valence-electron chi connectivity index (χ1n) is 7.47. The summed E-state index contributed by atoms with van der Waals surface area (Å²) in [7, 11) is 3.92. The maximum absolute atomic E-state index is 6.05. The van der Waals surface area contributed by atoms with E-state index in [9.17, 15) is 0 Å². The molecule has 0 radical (unpaired) electrons. The number of benzene rings is 1. The average Bonchev–Trinajstić information content (AvgIpc) is 2.50. The summed E-state index contributed by atoms with van der Waals surface area (Å²) in [5.41, 5.74) is 7.31. The third-order valence-corrected chi connectivity index (χ3v) is 4.42. The van der Waals surface area contributed by atoms with Crippen LogP contribution in [0.25, 0.3) is 0 Å². The number of hydrogen-bond acceptors (Lipinski definition) is 4. The molecule has 4 heteroatoms. The molecule has 1 aliphatic rings. The molecule has 0 amide bonds. The molecule has 2 unspecified atom stereocenters. The lowest BCUT2D eigenvalue weighted by molar-refractivity contribution is 0.0643. The van der Waals surface area contributed by atoms with Crippen molar-refractivity contribution in [2.45, 2.75) is 25.4 Å². The van der Waals surface area contributed by atoms with Gasteiger partial charge in [-0.3, -0.25) is 4.90 Å². The third kappa shape index (κ3) is 3.32. The van der Waals surface area contributed by atoms with Gasteiger partial charge in [-0.25, -0.2) is 0 Å². The van der Waals surface area contributed by atoms with Gasteiger partial charge in [-0.2, -0.15) is 0 Å². The summed E-state index contributed by atoms with van der Waals surface area (Å²) in [6.45, 7) is 6.18. The summed E-state index contributed by atoms with van der Waals surface area (Å²) in [6, 6.07) is 9.20. The van der Waals surface area contributed by atoms with Gasteiger partial charge in [0.15, 0.2) is 0 Å². The number of piperazine rings is 1. The molecule has 0 aliphatic carbocycles. The largest absolute Gasteiger partial charge is 0.497 e. The molecule has 0 bridgehead atoms. The molecular weight excluding hydrogens is 250 g/mol. The lowest BCUT2D eigenvalue weighted by Gasteiger charge is -2.42. The number of nitrogens with zero attached hydrogens (tertiary/aromatic N) is 2. The normalized spacial score (nSPS) is 22.7. The van der Waals surface area contributed by atoms with Crippen molar-refractivity contribution in [3.63, 3.8) is 0 Å². The van der Waals surface area contributed by atoms with Gasteiger partial charge in [0, 0.05) is 38.3 Å². The van der Waals surface area contributed by atoms with Crippen molar-refractivity contribution in [3.8, 4) is 5.75 Å². The Labute approximate surface area is 122 Å². The molecule has 2 N–H and O–H groups in total. The van der Waals surface area contributed by atoms with Crippen LogP contribution in [0, 0.1) is 0 Å². The summed E-state index contributed by atoms with van der Waals surface area (Å²) in [4.78, 5) is 4.97. The van der Waals surface area contributed by atoms with Crippen molar-refractivity contribution >= 4 is 0 Å². The van der Waals surface area contributed by atoms with Gasteiger partial charge >= 0.3 is 0 Å². The molecule has 4 nitrogen and oxygen atoms in total. The van der Waals surface area contributed by atoms with Crippen LogP contribution in [0.4, 0.5) is 0 Å². The Morgan fingerprint density at radius 1 is 1.40 bits per heavy atom. The lowest BCUT2D eigenvalue weighted by Crippen LogP contribution is -2.53. The highest BCUT2D eigenvalue weighted by Crippen LogP contribution is 2.26. The van der Waals surface area contributed by atoms with Gasteiger partial charge in [0.25, 0.3) is 0 Å². The van der Waals surface area contributed by atoms with Crippen molar-refractivity contribution in [3.05, 3.63) is 29.8 Å².